The second-order valence-electron chi connectivity index (χ2n) is 5.76. The summed E-state index contributed by atoms with van der Waals surface area (Å²) in [5.41, 5.74) is 3.22. The number of nitrogens with zero attached hydrogens (tertiary/aromatic N) is 1. The first-order valence-corrected chi connectivity index (χ1v) is 8.46. The maximum absolute atomic E-state index is 12.2. The van der Waals surface area contributed by atoms with Crippen molar-refractivity contribution in [3.05, 3.63) is 57.6 Å². The molecule has 2 aromatic carbocycles. The monoisotopic (exact) mass is 391 g/mol. The fraction of sp³-hybridized carbons (Fsp3) is 0.316. The Bertz CT molecular complexity index is 690. The molecule has 0 aliphatic rings. The first-order chi connectivity index (χ1) is 11.4. The van der Waals surface area contributed by atoms with Crippen molar-refractivity contribution in [3.8, 4) is 11.5 Å². The van der Waals surface area contributed by atoms with Crippen LogP contribution in [0.25, 0.3) is 0 Å². The highest BCUT2D eigenvalue weighted by molar-refractivity contribution is 9.10. The van der Waals surface area contributed by atoms with Crippen molar-refractivity contribution in [1.29, 1.82) is 0 Å². The molecule has 4 nitrogen and oxygen atoms in total. The van der Waals surface area contributed by atoms with Crippen molar-refractivity contribution in [2.24, 2.45) is 0 Å². The van der Waals surface area contributed by atoms with Crippen LogP contribution in [0.1, 0.15) is 16.7 Å². The van der Waals surface area contributed by atoms with Crippen LogP contribution in [-0.4, -0.2) is 31.6 Å². The van der Waals surface area contributed by atoms with E-state index in [4.69, 9.17) is 9.47 Å². The van der Waals surface area contributed by atoms with E-state index >= 15 is 0 Å². The summed E-state index contributed by atoms with van der Waals surface area (Å²) in [7, 11) is 3.40. The molecule has 0 spiro atoms. The van der Waals surface area contributed by atoms with E-state index in [2.05, 4.69) is 15.9 Å². The van der Waals surface area contributed by atoms with Gasteiger partial charge in [0.1, 0.15) is 11.5 Å². The highest BCUT2D eigenvalue weighted by atomic mass is 79.9. The molecule has 0 unspecified atom stereocenters. The van der Waals surface area contributed by atoms with Crippen LogP contribution in [0.5, 0.6) is 11.5 Å². The number of aryl methyl sites for hydroxylation is 2. The molecule has 0 aromatic heterocycles. The van der Waals surface area contributed by atoms with Gasteiger partial charge in [-0.3, -0.25) is 4.79 Å². The Hall–Kier alpha value is -2.01. The van der Waals surface area contributed by atoms with Crippen LogP contribution in [-0.2, 0) is 11.3 Å². The van der Waals surface area contributed by atoms with Gasteiger partial charge in [0.2, 0.25) is 0 Å². The van der Waals surface area contributed by atoms with Crippen molar-refractivity contribution in [3.63, 3.8) is 0 Å². The summed E-state index contributed by atoms with van der Waals surface area (Å²) in [6, 6.07) is 11.5. The first kappa shape index (κ1) is 18.3. The third kappa shape index (κ3) is 4.74. The first-order valence-electron chi connectivity index (χ1n) is 7.67. The predicted octanol–water partition coefficient (Wildman–Crippen LogP) is 4.11. The minimum atomic E-state index is -0.0657. The van der Waals surface area contributed by atoms with Gasteiger partial charge < -0.3 is 14.4 Å². The topological polar surface area (TPSA) is 38.8 Å². The van der Waals surface area contributed by atoms with Crippen LogP contribution in [0, 0.1) is 13.8 Å². The van der Waals surface area contributed by atoms with Gasteiger partial charge in [0.25, 0.3) is 5.91 Å². The molecule has 0 saturated carbocycles. The number of amides is 1. The van der Waals surface area contributed by atoms with Crippen molar-refractivity contribution in [2.75, 3.05) is 20.8 Å². The van der Waals surface area contributed by atoms with Crippen LogP contribution in [0.2, 0.25) is 0 Å². The summed E-state index contributed by atoms with van der Waals surface area (Å²) in [5, 5.41) is 0. The number of carbonyl (C=O) groups is 1. The smallest absolute Gasteiger partial charge is 0.260 e. The molecule has 0 radical (unpaired) electrons. The predicted molar refractivity (Wildman–Crippen MR) is 98.6 cm³/mol. The van der Waals surface area contributed by atoms with E-state index in [0.717, 1.165) is 26.9 Å². The van der Waals surface area contributed by atoms with Crippen molar-refractivity contribution in [1.82, 2.24) is 4.90 Å². The lowest BCUT2D eigenvalue weighted by Gasteiger charge is -2.18. The zero-order chi connectivity index (χ0) is 17.7. The highest BCUT2D eigenvalue weighted by Gasteiger charge is 2.11. The summed E-state index contributed by atoms with van der Waals surface area (Å²) in [6.45, 7) is 4.56. The Kier molecular flexibility index (Phi) is 6.26. The molecule has 0 bridgehead atoms. The van der Waals surface area contributed by atoms with Gasteiger partial charge in [-0.05, 0) is 54.8 Å². The Morgan fingerprint density at radius 1 is 1.08 bits per heavy atom. The molecular formula is C19H22BrNO3. The number of benzene rings is 2. The molecule has 0 aliphatic carbocycles. The van der Waals surface area contributed by atoms with E-state index < -0.39 is 0 Å². The van der Waals surface area contributed by atoms with Gasteiger partial charge in [0, 0.05) is 18.1 Å². The average Bonchev–Trinajstić information content (AvgIpc) is 2.58. The average molecular weight is 392 g/mol. The van der Waals surface area contributed by atoms with Crippen LogP contribution >= 0.6 is 15.9 Å². The van der Waals surface area contributed by atoms with E-state index in [-0.39, 0.29) is 12.5 Å². The van der Waals surface area contributed by atoms with E-state index in [1.165, 1.54) is 0 Å². The van der Waals surface area contributed by atoms with Crippen LogP contribution in [0.15, 0.2) is 40.9 Å². The Balaban J connectivity index is 1.91. The summed E-state index contributed by atoms with van der Waals surface area (Å²) < 4.78 is 11.8. The third-order valence-electron chi connectivity index (χ3n) is 3.78. The van der Waals surface area contributed by atoms with Gasteiger partial charge in [0.05, 0.1) is 7.11 Å². The van der Waals surface area contributed by atoms with Gasteiger partial charge in [-0.2, -0.15) is 0 Å². The zero-order valence-corrected chi connectivity index (χ0v) is 16.0. The number of rotatable bonds is 6. The molecule has 0 fully saturated rings. The fourth-order valence-electron chi connectivity index (χ4n) is 2.34. The van der Waals surface area contributed by atoms with Crippen molar-refractivity contribution in [2.45, 2.75) is 20.4 Å². The Labute approximate surface area is 151 Å². The quantitative estimate of drug-likeness (QED) is 0.743. The van der Waals surface area contributed by atoms with Crippen molar-refractivity contribution < 1.29 is 14.3 Å². The second-order valence-corrected chi connectivity index (χ2v) is 6.55. The van der Waals surface area contributed by atoms with Crippen LogP contribution in [0.3, 0.4) is 0 Å². The lowest BCUT2D eigenvalue weighted by molar-refractivity contribution is -0.132. The van der Waals surface area contributed by atoms with Crippen molar-refractivity contribution >= 4 is 21.8 Å². The Morgan fingerprint density at radius 3 is 2.21 bits per heavy atom. The molecule has 0 atom stereocenters. The lowest BCUT2D eigenvalue weighted by atomic mass is 10.1. The molecule has 128 valence electrons. The minimum Gasteiger partial charge on any atom is -0.497 e. The van der Waals surface area contributed by atoms with Gasteiger partial charge in [-0.1, -0.05) is 28.1 Å². The van der Waals surface area contributed by atoms with E-state index in [9.17, 15) is 4.79 Å². The maximum Gasteiger partial charge on any atom is 0.260 e. The largest absolute Gasteiger partial charge is 0.497 e. The van der Waals surface area contributed by atoms with Gasteiger partial charge in [-0.15, -0.1) is 0 Å². The number of carbonyl (C=O) groups excluding carboxylic acids is 1. The maximum atomic E-state index is 12.2. The number of halogens is 1. The normalized spacial score (nSPS) is 10.4. The standard InChI is InChI=1S/C19H22BrNO3/c1-13-9-17(10-14(2)19(13)20)24-12-18(22)21(3)11-15-5-7-16(23-4)8-6-15/h5-10H,11-12H2,1-4H3. The molecule has 0 heterocycles. The summed E-state index contributed by atoms with van der Waals surface area (Å²) in [4.78, 5) is 13.9. The van der Waals surface area contributed by atoms with Gasteiger partial charge in [0.15, 0.2) is 6.61 Å². The van der Waals surface area contributed by atoms with Crippen LogP contribution < -0.4 is 9.47 Å². The fourth-order valence-corrected chi connectivity index (χ4v) is 2.57. The molecule has 5 heteroatoms. The zero-order valence-electron chi connectivity index (χ0n) is 14.4. The number of ether oxygens (including phenoxy) is 2. The molecular weight excluding hydrogens is 370 g/mol. The van der Waals surface area contributed by atoms with E-state index in [1.807, 2.05) is 50.2 Å². The minimum absolute atomic E-state index is 0.0210. The summed E-state index contributed by atoms with van der Waals surface area (Å²) in [6.07, 6.45) is 0. The summed E-state index contributed by atoms with van der Waals surface area (Å²) in [5.74, 6) is 1.44. The number of hydrogen-bond donors (Lipinski definition) is 0. The summed E-state index contributed by atoms with van der Waals surface area (Å²) >= 11 is 3.52. The number of hydrogen-bond acceptors (Lipinski definition) is 3. The number of methoxy groups -OCH3 is 1. The molecule has 1 amide bonds. The SMILES string of the molecule is COc1ccc(CN(C)C(=O)COc2cc(C)c(Br)c(C)c2)cc1. The molecule has 24 heavy (non-hydrogen) atoms. The molecule has 0 aliphatic heterocycles. The highest BCUT2D eigenvalue weighted by Crippen LogP contribution is 2.26. The van der Waals surface area contributed by atoms with E-state index in [1.54, 1.807) is 19.1 Å². The number of likely N-dealkylation sites (N-methyl/N-ethyl adjacent to an activating group) is 1. The van der Waals surface area contributed by atoms with E-state index in [0.29, 0.717) is 12.3 Å². The molecule has 2 rings (SSSR count). The van der Waals surface area contributed by atoms with Crippen LogP contribution in [0.4, 0.5) is 0 Å². The second kappa shape index (κ2) is 8.20. The lowest BCUT2D eigenvalue weighted by Crippen LogP contribution is -2.30. The van der Waals surface area contributed by atoms with Gasteiger partial charge in [-0.25, -0.2) is 0 Å². The Morgan fingerprint density at radius 2 is 1.67 bits per heavy atom. The molecule has 0 saturated heterocycles. The van der Waals surface area contributed by atoms with Gasteiger partial charge >= 0.3 is 0 Å². The molecule has 2 aromatic rings. The third-order valence-corrected chi connectivity index (χ3v) is 5.03. The molecule has 0 N–H and O–H groups in total.